The lowest BCUT2D eigenvalue weighted by Crippen LogP contribution is -2.10. The number of benzene rings is 2. The molecule has 0 aliphatic heterocycles. The topological polar surface area (TPSA) is 76.1 Å². The maximum absolute atomic E-state index is 13.8. The molecule has 2 N–H and O–H groups in total. The van der Waals surface area contributed by atoms with Crippen molar-refractivity contribution in [1.29, 1.82) is 5.26 Å². The number of para-hydroxylation sites is 1. The quantitative estimate of drug-likeness (QED) is 0.694. The second-order valence-corrected chi connectivity index (χ2v) is 4.50. The number of hydrogen-bond acceptors (Lipinski definition) is 4. The SMILES string of the molecule is Cc1cccc(C(=O)OCc2cccc(C#N)c2F)c1N. The predicted octanol–water partition coefficient (Wildman–Crippen LogP) is 2.95. The van der Waals surface area contributed by atoms with E-state index in [4.69, 9.17) is 15.7 Å². The number of hydrogen-bond donors (Lipinski definition) is 1. The summed E-state index contributed by atoms with van der Waals surface area (Å²) in [5.74, 6) is -1.30. The smallest absolute Gasteiger partial charge is 0.340 e. The van der Waals surface area contributed by atoms with Crippen LogP contribution in [0.4, 0.5) is 10.1 Å². The van der Waals surface area contributed by atoms with Crippen LogP contribution in [0.3, 0.4) is 0 Å². The molecule has 0 saturated carbocycles. The zero-order valence-corrected chi connectivity index (χ0v) is 11.4. The lowest BCUT2D eigenvalue weighted by Gasteiger charge is -2.09. The summed E-state index contributed by atoms with van der Waals surface area (Å²) in [6, 6.07) is 11.1. The number of rotatable bonds is 3. The highest BCUT2D eigenvalue weighted by atomic mass is 19.1. The second-order valence-electron chi connectivity index (χ2n) is 4.50. The molecule has 0 amide bonds. The van der Waals surface area contributed by atoms with Crippen LogP contribution in [0.15, 0.2) is 36.4 Å². The number of aryl methyl sites for hydroxylation is 1. The van der Waals surface area contributed by atoms with Gasteiger partial charge in [0.25, 0.3) is 0 Å². The number of nitrogen functional groups attached to an aromatic ring is 1. The van der Waals surface area contributed by atoms with Crippen LogP contribution < -0.4 is 5.73 Å². The van der Waals surface area contributed by atoms with Crippen molar-refractivity contribution in [1.82, 2.24) is 0 Å². The third kappa shape index (κ3) is 3.00. The minimum Gasteiger partial charge on any atom is -0.457 e. The fourth-order valence-electron chi connectivity index (χ4n) is 1.86. The van der Waals surface area contributed by atoms with Gasteiger partial charge < -0.3 is 10.5 Å². The molecule has 2 aromatic rings. The molecule has 2 rings (SSSR count). The van der Waals surface area contributed by atoms with Crippen molar-refractivity contribution in [3.05, 3.63) is 64.5 Å². The molecule has 0 saturated heterocycles. The molecule has 0 fully saturated rings. The zero-order valence-electron chi connectivity index (χ0n) is 11.4. The van der Waals surface area contributed by atoms with E-state index in [1.54, 1.807) is 31.2 Å². The fourth-order valence-corrected chi connectivity index (χ4v) is 1.86. The molecule has 5 heteroatoms. The molecule has 0 spiro atoms. The van der Waals surface area contributed by atoms with Gasteiger partial charge >= 0.3 is 5.97 Å². The number of nitriles is 1. The van der Waals surface area contributed by atoms with Crippen molar-refractivity contribution in [2.75, 3.05) is 5.73 Å². The first-order chi connectivity index (χ1) is 10.0. The number of nitrogens with zero attached hydrogens (tertiary/aromatic N) is 1. The summed E-state index contributed by atoms with van der Waals surface area (Å²) in [5.41, 5.74) is 7.22. The highest BCUT2D eigenvalue weighted by Gasteiger charge is 2.14. The third-order valence-electron chi connectivity index (χ3n) is 3.10. The molecule has 0 aromatic heterocycles. The molecule has 0 heterocycles. The summed E-state index contributed by atoms with van der Waals surface area (Å²) in [6.45, 7) is 1.52. The Morgan fingerprint density at radius 2 is 2.05 bits per heavy atom. The molecule has 0 unspecified atom stereocenters. The van der Waals surface area contributed by atoms with Crippen molar-refractivity contribution in [3.8, 4) is 6.07 Å². The molecule has 106 valence electrons. The summed E-state index contributed by atoms with van der Waals surface area (Å²) in [5, 5.41) is 8.75. The predicted molar refractivity (Wildman–Crippen MR) is 75.8 cm³/mol. The highest BCUT2D eigenvalue weighted by Crippen LogP contribution is 2.19. The molecule has 0 aliphatic carbocycles. The van der Waals surface area contributed by atoms with Gasteiger partial charge in [0.2, 0.25) is 0 Å². The van der Waals surface area contributed by atoms with Crippen molar-refractivity contribution in [2.45, 2.75) is 13.5 Å². The zero-order chi connectivity index (χ0) is 15.4. The van der Waals surface area contributed by atoms with Crippen molar-refractivity contribution in [3.63, 3.8) is 0 Å². The van der Waals surface area contributed by atoms with Crippen LogP contribution in [-0.2, 0) is 11.3 Å². The van der Waals surface area contributed by atoms with E-state index < -0.39 is 11.8 Å². The Bertz CT molecular complexity index is 736. The Kier molecular flexibility index (Phi) is 4.19. The van der Waals surface area contributed by atoms with Crippen molar-refractivity contribution < 1.29 is 13.9 Å². The van der Waals surface area contributed by atoms with Gasteiger partial charge in [0, 0.05) is 11.3 Å². The lowest BCUT2D eigenvalue weighted by atomic mass is 10.1. The van der Waals surface area contributed by atoms with E-state index in [0.717, 1.165) is 5.56 Å². The Labute approximate surface area is 121 Å². The summed E-state index contributed by atoms with van der Waals surface area (Å²) in [7, 11) is 0. The number of carbonyl (C=O) groups excluding carboxylic acids is 1. The first-order valence-electron chi connectivity index (χ1n) is 6.24. The summed E-state index contributed by atoms with van der Waals surface area (Å²) >= 11 is 0. The highest BCUT2D eigenvalue weighted by molar-refractivity contribution is 5.95. The summed E-state index contributed by atoms with van der Waals surface area (Å²) in [4.78, 5) is 12.0. The number of halogens is 1. The van der Waals surface area contributed by atoms with E-state index in [1.165, 1.54) is 18.2 Å². The Morgan fingerprint density at radius 3 is 2.76 bits per heavy atom. The molecule has 0 aliphatic rings. The monoisotopic (exact) mass is 284 g/mol. The number of anilines is 1. The Hall–Kier alpha value is -2.87. The standard InChI is InChI=1S/C16H13FN2O2/c1-10-4-2-7-13(15(10)19)16(20)21-9-12-6-3-5-11(8-18)14(12)17/h2-7H,9,19H2,1H3. The van der Waals surface area contributed by atoms with Crippen LogP contribution in [0.5, 0.6) is 0 Å². The van der Waals surface area contributed by atoms with Crippen molar-refractivity contribution >= 4 is 11.7 Å². The Balaban J connectivity index is 2.16. The van der Waals surface area contributed by atoms with Crippen LogP contribution in [0, 0.1) is 24.1 Å². The van der Waals surface area contributed by atoms with Gasteiger partial charge in [0.15, 0.2) is 0 Å². The van der Waals surface area contributed by atoms with E-state index in [9.17, 15) is 9.18 Å². The second kappa shape index (κ2) is 6.06. The van der Waals surface area contributed by atoms with E-state index in [2.05, 4.69) is 0 Å². The summed E-state index contributed by atoms with van der Waals surface area (Å²) < 4.78 is 18.9. The number of ether oxygens (including phenoxy) is 1. The first-order valence-corrected chi connectivity index (χ1v) is 6.24. The van der Waals surface area contributed by atoms with E-state index >= 15 is 0 Å². The Morgan fingerprint density at radius 1 is 1.33 bits per heavy atom. The molecular formula is C16H13FN2O2. The van der Waals surface area contributed by atoms with E-state index in [0.29, 0.717) is 5.69 Å². The molecule has 2 aromatic carbocycles. The molecule has 0 radical (unpaired) electrons. The first kappa shape index (κ1) is 14.5. The van der Waals surface area contributed by atoms with Crippen LogP contribution in [-0.4, -0.2) is 5.97 Å². The minimum atomic E-state index is -0.676. The number of nitrogens with two attached hydrogens (primary N) is 1. The molecule has 4 nitrogen and oxygen atoms in total. The number of esters is 1. The maximum Gasteiger partial charge on any atom is 0.340 e. The van der Waals surface area contributed by atoms with Gasteiger partial charge in [-0.05, 0) is 24.6 Å². The van der Waals surface area contributed by atoms with Crippen LogP contribution >= 0.6 is 0 Å². The van der Waals surface area contributed by atoms with Gasteiger partial charge in [0.05, 0.1) is 11.1 Å². The summed E-state index contributed by atoms with van der Waals surface area (Å²) in [6.07, 6.45) is 0. The van der Waals surface area contributed by atoms with Crippen LogP contribution in [0.1, 0.15) is 27.0 Å². The van der Waals surface area contributed by atoms with E-state index in [-0.39, 0.29) is 23.3 Å². The van der Waals surface area contributed by atoms with Gasteiger partial charge in [-0.2, -0.15) is 5.26 Å². The molecular weight excluding hydrogens is 271 g/mol. The van der Waals surface area contributed by atoms with Gasteiger partial charge in [-0.1, -0.05) is 24.3 Å². The van der Waals surface area contributed by atoms with Gasteiger partial charge in [-0.15, -0.1) is 0 Å². The largest absolute Gasteiger partial charge is 0.457 e. The average molecular weight is 284 g/mol. The van der Waals surface area contributed by atoms with Gasteiger partial charge in [-0.3, -0.25) is 0 Å². The van der Waals surface area contributed by atoms with Crippen molar-refractivity contribution in [2.24, 2.45) is 0 Å². The molecule has 0 atom stereocenters. The van der Waals surface area contributed by atoms with E-state index in [1.807, 2.05) is 0 Å². The van der Waals surface area contributed by atoms with Gasteiger partial charge in [0.1, 0.15) is 18.5 Å². The third-order valence-corrected chi connectivity index (χ3v) is 3.10. The van der Waals surface area contributed by atoms with Crippen LogP contribution in [0.25, 0.3) is 0 Å². The molecule has 21 heavy (non-hydrogen) atoms. The normalized spacial score (nSPS) is 9.95. The van der Waals surface area contributed by atoms with Gasteiger partial charge in [-0.25, -0.2) is 9.18 Å². The average Bonchev–Trinajstić information content (AvgIpc) is 2.48. The lowest BCUT2D eigenvalue weighted by molar-refractivity contribution is 0.0470. The fraction of sp³-hybridized carbons (Fsp3) is 0.125. The molecule has 0 bridgehead atoms. The maximum atomic E-state index is 13.8. The van der Waals surface area contributed by atoms with Crippen LogP contribution in [0.2, 0.25) is 0 Å². The minimum absolute atomic E-state index is 0.0846. The number of carbonyl (C=O) groups is 1.